The van der Waals surface area contributed by atoms with E-state index in [0.29, 0.717) is 12.3 Å². The average Bonchev–Trinajstić information content (AvgIpc) is 2.53. The van der Waals surface area contributed by atoms with Crippen LogP contribution in [0.15, 0.2) is 12.1 Å². The van der Waals surface area contributed by atoms with Crippen molar-refractivity contribution in [3.05, 3.63) is 23.5 Å². The molecule has 0 aromatic carbocycles. The zero-order valence-electron chi connectivity index (χ0n) is 9.03. The highest BCUT2D eigenvalue weighted by Gasteiger charge is 2.34. The third kappa shape index (κ3) is 1.56. The van der Waals surface area contributed by atoms with E-state index in [-0.39, 0.29) is 5.41 Å². The summed E-state index contributed by atoms with van der Waals surface area (Å²) in [5.74, 6) is 0.341. The fourth-order valence-corrected chi connectivity index (χ4v) is 1.59. The first-order valence-electron chi connectivity index (χ1n) is 4.77. The molecule has 0 amide bonds. The maximum atomic E-state index is 11.3. The number of carbonyl (C=O) groups is 1. The first-order valence-corrected chi connectivity index (χ1v) is 4.77. The molecule has 1 aliphatic heterocycles. The Labute approximate surface area is 88.2 Å². The van der Waals surface area contributed by atoms with Crippen molar-refractivity contribution >= 4 is 5.97 Å². The molecule has 15 heavy (non-hydrogen) atoms. The first-order chi connectivity index (χ1) is 7.04. The molecule has 4 heteroatoms. The van der Waals surface area contributed by atoms with E-state index in [1.165, 1.54) is 7.11 Å². The molecule has 2 heterocycles. The summed E-state index contributed by atoms with van der Waals surface area (Å²) < 4.78 is 10.1. The van der Waals surface area contributed by atoms with E-state index >= 15 is 0 Å². The second-order valence-corrected chi connectivity index (χ2v) is 4.21. The summed E-state index contributed by atoms with van der Waals surface area (Å²) in [6.45, 7) is 4.67. The summed E-state index contributed by atoms with van der Waals surface area (Å²) in [7, 11) is 1.35. The molecule has 2 rings (SSSR count). The Kier molecular flexibility index (Phi) is 2.14. The molecule has 0 fully saturated rings. The lowest BCUT2D eigenvalue weighted by molar-refractivity contribution is 0.0593. The molecule has 0 aliphatic carbocycles. The lowest BCUT2D eigenvalue weighted by Crippen LogP contribution is -2.20. The van der Waals surface area contributed by atoms with E-state index in [2.05, 4.69) is 9.72 Å². The quantitative estimate of drug-likeness (QED) is 0.655. The smallest absolute Gasteiger partial charge is 0.356 e. The molecule has 80 valence electrons. The van der Waals surface area contributed by atoms with Crippen LogP contribution in [-0.4, -0.2) is 24.7 Å². The van der Waals surface area contributed by atoms with E-state index in [9.17, 15) is 4.79 Å². The number of hydrogen-bond donors (Lipinski definition) is 0. The first kappa shape index (κ1) is 9.96. The van der Waals surface area contributed by atoms with Gasteiger partial charge in [0.1, 0.15) is 11.4 Å². The minimum atomic E-state index is -0.416. The number of rotatable bonds is 1. The van der Waals surface area contributed by atoms with Crippen molar-refractivity contribution in [3.8, 4) is 5.75 Å². The Hall–Kier alpha value is -1.58. The summed E-state index contributed by atoms with van der Waals surface area (Å²) in [6.07, 6.45) is 0. The molecule has 0 spiro atoms. The van der Waals surface area contributed by atoms with E-state index in [1.54, 1.807) is 12.1 Å². The Morgan fingerprint density at radius 3 is 2.93 bits per heavy atom. The number of hydrogen-bond acceptors (Lipinski definition) is 4. The summed E-state index contributed by atoms with van der Waals surface area (Å²) in [4.78, 5) is 15.6. The van der Waals surface area contributed by atoms with Crippen LogP contribution in [0.5, 0.6) is 5.75 Å². The molecule has 0 radical (unpaired) electrons. The number of esters is 1. The van der Waals surface area contributed by atoms with Gasteiger partial charge in [-0.15, -0.1) is 0 Å². The second-order valence-electron chi connectivity index (χ2n) is 4.21. The summed E-state index contributed by atoms with van der Waals surface area (Å²) >= 11 is 0. The Morgan fingerprint density at radius 1 is 1.53 bits per heavy atom. The Morgan fingerprint density at radius 2 is 2.27 bits per heavy atom. The Bertz CT molecular complexity index is 412. The number of carbonyl (C=O) groups excluding carboxylic acids is 1. The molecule has 0 saturated carbocycles. The molecule has 1 aromatic rings. The highest BCUT2D eigenvalue weighted by Crippen LogP contribution is 2.36. The van der Waals surface area contributed by atoms with Crippen LogP contribution in [0.1, 0.15) is 30.0 Å². The van der Waals surface area contributed by atoms with Gasteiger partial charge in [-0.05, 0) is 12.1 Å². The van der Waals surface area contributed by atoms with Gasteiger partial charge in [0.05, 0.1) is 19.4 Å². The van der Waals surface area contributed by atoms with E-state index < -0.39 is 5.97 Å². The molecule has 0 unspecified atom stereocenters. The van der Waals surface area contributed by atoms with Gasteiger partial charge in [-0.1, -0.05) is 13.8 Å². The minimum absolute atomic E-state index is 0.140. The molecule has 0 atom stereocenters. The fraction of sp³-hybridized carbons (Fsp3) is 0.455. The van der Waals surface area contributed by atoms with Gasteiger partial charge in [0.25, 0.3) is 0 Å². The van der Waals surface area contributed by atoms with Crippen LogP contribution in [0.3, 0.4) is 0 Å². The van der Waals surface area contributed by atoms with Gasteiger partial charge in [0.15, 0.2) is 0 Å². The predicted molar refractivity (Wildman–Crippen MR) is 54.1 cm³/mol. The van der Waals surface area contributed by atoms with Crippen LogP contribution >= 0.6 is 0 Å². The zero-order valence-corrected chi connectivity index (χ0v) is 9.03. The molecule has 1 aromatic heterocycles. The topological polar surface area (TPSA) is 48.4 Å². The maximum Gasteiger partial charge on any atom is 0.356 e. The van der Waals surface area contributed by atoms with Crippen LogP contribution in [0.4, 0.5) is 0 Å². The summed E-state index contributed by atoms with van der Waals surface area (Å²) in [5.41, 5.74) is 1.01. The highest BCUT2D eigenvalue weighted by atomic mass is 16.5. The standard InChI is InChI=1S/C11H13NO3/c1-11(2)6-15-8-5-4-7(10(13)14-3)12-9(8)11/h4-5H,6H2,1-3H3. The zero-order chi connectivity index (χ0) is 11.1. The van der Waals surface area contributed by atoms with Crippen molar-refractivity contribution in [1.82, 2.24) is 4.98 Å². The molecule has 4 nitrogen and oxygen atoms in total. The van der Waals surface area contributed by atoms with Gasteiger partial charge in [0.2, 0.25) is 0 Å². The number of pyridine rings is 1. The van der Waals surface area contributed by atoms with E-state index in [4.69, 9.17) is 4.74 Å². The van der Waals surface area contributed by atoms with E-state index in [0.717, 1.165) is 11.4 Å². The van der Waals surface area contributed by atoms with Gasteiger partial charge < -0.3 is 9.47 Å². The third-order valence-electron chi connectivity index (χ3n) is 2.48. The molecule has 0 bridgehead atoms. The van der Waals surface area contributed by atoms with Gasteiger partial charge in [-0.2, -0.15) is 0 Å². The molecule has 0 N–H and O–H groups in total. The van der Waals surface area contributed by atoms with E-state index in [1.807, 2.05) is 13.8 Å². The average molecular weight is 207 g/mol. The van der Waals surface area contributed by atoms with Crippen LogP contribution in [0.25, 0.3) is 0 Å². The number of fused-ring (bicyclic) bond motifs is 1. The van der Waals surface area contributed by atoms with Gasteiger partial charge >= 0.3 is 5.97 Å². The highest BCUT2D eigenvalue weighted by molar-refractivity contribution is 5.87. The normalized spacial score (nSPS) is 16.7. The van der Waals surface area contributed by atoms with Crippen LogP contribution in [0.2, 0.25) is 0 Å². The maximum absolute atomic E-state index is 11.3. The molecule has 1 aliphatic rings. The van der Waals surface area contributed by atoms with Crippen molar-refractivity contribution in [2.75, 3.05) is 13.7 Å². The summed E-state index contributed by atoms with van der Waals surface area (Å²) in [6, 6.07) is 3.38. The molecular weight excluding hydrogens is 194 g/mol. The lowest BCUT2D eigenvalue weighted by atomic mass is 9.91. The molecule has 0 saturated heterocycles. The number of nitrogens with zero attached hydrogens (tertiary/aromatic N) is 1. The Balaban J connectivity index is 2.46. The summed E-state index contributed by atoms with van der Waals surface area (Å²) in [5, 5.41) is 0. The predicted octanol–water partition coefficient (Wildman–Crippen LogP) is 1.54. The molecular formula is C11H13NO3. The van der Waals surface area contributed by atoms with Crippen molar-refractivity contribution in [2.24, 2.45) is 0 Å². The monoisotopic (exact) mass is 207 g/mol. The number of aromatic nitrogens is 1. The van der Waals surface area contributed by atoms with Crippen LogP contribution in [0, 0.1) is 0 Å². The van der Waals surface area contributed by atoms with Crippen molar-refractivity contribution < 1.29 is 14.3 Å². The lowest BCUT2D eigenvalue weighted by Gasteiger charge is -2.13. The van der Waals surface area contributed by atoms with Gasteiger partial charge in [-0.25, -0.2) is 9.78 Å². The van der Waals surface area contributed by atoms with Crippen LogP contribution in [-0.2, 0) is 10.2 Å². The number of methoxy groups -OCH3 is 1. The fourth-order valence-electron chi connectivity index (χ4n) is 1.59. The third-order valence-corrected chi connectivity index (χ3v) is 2.48. The van der Waals surface area contributed by atoms with Gasteiger partial charge in [-0.3, -0.25) is 0 Å². The SMILES string of the molecule is COC(=O)c1ccc2c(n1)C(C)(C)CO2. The van der Waals surface area contributed by atoms with Gasteiger partial charge in [0, 0.05) is 5.41 Å². The second kappa shape index (κ2) is 3.22. The van der Waals surface area contributed by atoms with Crippen molar-refractivity contribution in [3.63, 3.8) is 0 Å². The largest absolute Gasteiger partial charge is 0.491 e. The van der Waals surface area contributed by atoms with Crippen molar-refractivity contribution in [2.45, 2.75) is 19.3 Å². The van der Waals surface area contributed by atoms with Crippen molar-refractivity contribution in [1.29, 1.82) is 0 Å². The number of ether oxygens (including phenoxy) is 2. The minimum Gasteiger partial charge on any atom is -0.491 e. The van der Waals surface area contributed by atoms with Crippen LogP contribution < -0.4 is 4.74 Å².